The fourth-order valence-corrected chi connectivity index (χ4v) is 22.2. The number of benzene rings is 8. The van der Waals surface area contributed by atoms with Gasteiger partial charge in [0.1, 0.15) is 23.3 Å². The monoisotopic (exact) mass is 1910 g/mol. The van der Waals surface area contributed by atoms with Gasteiger partial charge in [-0.3, -0.25) is 19.2 Å². The molecule has 30 nitrogen and oxygen atoms in total. The molecule has 9 aliphatic rings. The SMILES string of the molecule is CC(C)NS(=O)(=O)c1ccc(-c2cccc(NC(=O)C3(c4ccc5c(c4)OCO5)CC3)n2)cc1.CC1CCC(C)N1S(=O)(=O)c1ccc(-c2cccc(NC(=O)C3(c4ccc5c(c4)OCO5)CC3)n2)cc1.CC[C@H](CO)NS(=O)(=O)c1ccc(-c2cccc(NC(=O)C3(c4ccc5c(c4)OCO5)CC3)n2)cc1.Cc1ccc(-c2cnc(NC(=O)C3(c4ccc5c(c4)OCO5)CC3)c(C)c2C)cc1.[HH].[HH]. The van der Waals surface area contributed by atoms with Gasteiger partial charge in [0.05, 0.1) is 60.0 Å². The Morgan fingerprint density at radius 1 is 0.409 bits per heavy atom. The zero-order chi connectivity index (χ0) is 95.9. The predicted molar refractivity (Wildman–Crippen MR) is 520 cm³/mol. The van der Waals surface area contributed by atoms with Gasteiger partial charge < -0.3 is 64.3 Å². The number of aryl methyl sites for hydroxylation is 1. The maximum atomic E-state index is 13.3. The quantitative estimate of drug-likeness (QED) is 0.0265. The van der Waals surface area contributed by atoms with Gasteiger partial charge in [0, 0.05) is 55.5 Å². The van der Waals surface area contributed by atoms with E-state index in [1.54, 1.807) is 116 Å². The molecule has 0 spiro atoms. The van der Waals surface area contributed by atoms with Gasteiger partial charge >= 0.3 is 0 Å². The molecule has 1 saturated heterocycles. The lowest BCUT2D eigenvalue weighted by molar-refractivity contribution is -0.119. The Labute approximate surface area is 798 Å². The summed E-state index contributed by atoms with van der Waals surface area (Å²) in [5.74, 6) is 7.03. The van der Waals surface area contributed by atoms with Gasteiger partial charge in [0.2, 0.25) is 80.9 Å². The molecule has 3 atom stereocenters. The molecular formula is C104H109N11O19S3. The molecular weight excluding hydrogens is 1800 g/mol. The summed E-state index contributed by atoms with van der Waals surface area (Å²) in [4.78, 5) is 71.9. The average molecular weight is 1910 g/mol. The smallest absolute Gasteiger partial charge is 0.243 e. The molecule has 4 aromatic heterocycles. The Hall–Kier alpha value is -13.7. The van der Waals surface area contributed by atoms with Crippen LogP contribution in [0.3, 0.4) is 0 Å². The van der Waals surface area contributed by atoms with Crippen LogP contribution < -0.4 is 68.6 Å². The van der Waals surface area contributed by atoms with Crippen molar-refractivity contribution in [1.82, 2.24) is 33.7 Å². The van der Waals surface area contributed by atoms with Crippen molar-refractivity contribution < 1.29 is 90.3 Å². The van der Waals surface area contributed by atoms with Crippen LogP contribution in [0, 0.1) is 20.8 Å². The molecule has 2 unspecified atom stereocenters. The third-order valence-electron chi connectivity index (χ3n) is 26.6. The fraction of sp³-hybridized carbons (Fsp3) is 0.308. The number of hydrogen-bond acceptors (Lipinski definition) is 23. The molecule has 0 bridgehead atoms. The van der Waals surface area contributed by atoms with Crippen molar-refractivity contribution in [2.75, 3.05) is 55.0 Å². The first-order valence-corrected chi connectivity index (χ1v) is 50.1. The van der Waals surface area contributed by atoms with Crippen molar-refractivity contribution in [2.45, 2.75) is 187 Å². The molecule has 8 aromatic carbocycles. The summed E-state index contributed by atoms with van der Waals surface area (Å²) >= 11 is 0. The Bertz CT molecular complexity index is 7020. The van der Waals surface area contributed by atoms with Crippen LogP contribution in [-0.2, 0) is 70.9 Å². The van der Waals surface area contributed by atoms with Gasteiger partial charge in [-0.05, 0) is 279 Å². The Morgan fingerprint density at radius 3 is 1.06 bits per heavy atom. The molecule has 4 amide bonds. The normalized spacial score (nSPS) is 17.6. The van der Waals surface area contributed by atoms with Crippen molar-refractivity contribution in [3.8, 4) is 90.9 Å². The van der Waals surface area contributed by atoms with Gasteiger partial charge in [0.15, 0.2) is 46.0 Å². The molecule has 5 fully saturated rings. The fourth-order valence-electron chi connectivity index (χ4n) is 17.7. The summed E-state index contributed by atoms with van der Waals surface area (Å²) in [7, 11) is -10.9. The van der Waals surface area contributed by atoms with Crippen LogP contribution >= 0.6 is 0 Å². The second-order valence-corrected chi connectivity index (χ2v) is 41.4. The molecule has 137 heavy (non-hydrogen) atoms. The van der Waals surface area contributed by atoms with Crippen molar-refractivity contribution >= 4 is 77.0 Å². The maximum absolute atomic E-state index is 13.3. The minimum absolute atomic E-state index is 0. The van der Waals surface area contributed by atoms with E-state index < -0.39 is 57.8 Å². The van der Waals surface area contributed by atoms with E-state index in [-0.39, 0.29) is 93.1 Å². The lowest BCUT2D eigenvalue weighted by atomic mass is 9.94. The summed E-state index contributed by atoms with van der Waals surface area (Å²) in [5, 5.41) is 21.3. The van der Waals surface area contributed by atoms with E-state index in [1.165, 1.54) is 17.7 Å². The summed E-state index contributed by atoms with van der Waals surface area (Å²) in [6, 6.07) is 66.0. The van der Waals surface area contributed by atoms with Gasteiger partial charge in [0.25, 0.3) is 0 Å². The highest BCUT2D eigenvalue weighted by molar-refractivity contribution is 7.90. The molecule has 0 radical (unpaired) electrons. The number of aliphatic hydroxyl groups is 1. The third kappa shape index (κ3) is 19.6. The Balaban J connectivity index is 0.000000134. The van der Waals surface area contributed by atoms with Gasteiger partial charge in [-0.25, -0.2) is 54.6 Å². The van der Waals surface area contributed by atoms with Crippen LogP contribution in [0.25, 0.3) is 44.9 Å². The largest absolute Gasteiger partial charge is 0.454 e. The van der Waals surface area contributed by atoms with Crippen molar-refractivity contribution in [3.63, 3.8) is 0 Å². The lowest BCUT2D eigenvalue weighted by Gasteiger charge is -2.25. The number of hydrogen-bond donors (Lipinski definition) is 7. The van der Waals surface area contributed by atoms with E-state index in [0.717, 1.165) is 126 Å². The summed E-state index contributed by atoms with van der Waals surface area (Å²) in [6.45, 7) is 15.9. The average Bonchev–Trinajstić information content (AvgIpc) is 1.58. The number of nitrogens with one attached hydrogen (secondary N) is 6. The number of aromatic nitrogens is 4. The molecule has 4 saturated carbocycles. The topological polar surface area (TPSA) is 392 Å². The van der Waals surface area contributed by atoms with Crippen molar-refractivity contribution in [3.05, 3.63) is 270 Å². The third-order valence-corrected chi connectivity index (χ3v) is 31.9. The van der Waals surface area contributed by atoms with Crippen LogP contribution in [0.2, 0.25) is 0 Å². The van der Waals surface area contributed by atoms with Crippen molar-refractivity contribution in [2.24, 2.45) is 0 Å². The molecule has 12 aromatic rings. The standard InChI is InChI=1S/C28H29N3O5S.C26H27N3O6S.C25H25N3O5S.C25H24N2O3.2H2/c1-18-6-7-19(2)31(18)37(33,34)22-11-8-20(9-12-22)23-4-3-5-26(29-23)30-27(32)28(14-15-28)21-10-13-24-25(16-21)36-17-35-24;1-2-19(15-30)29-36(32,33)20-9-6-17(7-10-20)21-4-3-5-24(27-21)28-25(31)26(12-13-26)18-8-11-22-23(14-18)35-16-34-22;1-16(2)28-34(30,31)19-9-6-17(7-10-19)20-4-3-5-23(26-20)27-24(29)25(12-13-25)18-8-11-21-22(14-18)33-15-32-21;1-15-4-6-18(7-5-15)20-13-26-23(17(3)16(20)2)27-24(28)25(10-11-25)19-8-9-21-22(12-19)30-14-29-21;;/h3-5,8-13,16,18-19H,6-7,14-15,17H2,1-2H3,(H,29,30,32);3-11,14,19,29-30H,2,12-13,15-16H2,1H3,(H,27,28,31);3-11,14,16,28H,12-13,15H2,1-2H3,(H,26,27,29);4-9,12-13H,10-11,14H2,1-3H3,(H,26,27,28);2*1H/t;19-;;;;/m.1..../s1. The minimum Gasteiger partial charge on any atom is -0.454 e. The molecule has 5 aliphatic heterocycles. The number of aliphatic hydroxyl groups excluding tert-OH is 1. The number of carbonyl (C=O) groups is 4. The van der Waals surface area contributed by atoms with E-state index >= 15 is 0 Å². The number of rotatable bonds is 26. The first-order valence-electron chi connectivity index (χ1n) is 45.7. The second-order valence-electron chi connectivity index (χ2n) is 36.1. The van der Waals surface area contributed by atoms with E-state index in [1.807, 2.05) is 124 Å². The Morgan fingerprint density at radius 2 is 0.730 bits per heavy atom. The van der Waals surface area contributed by atoms with Crippen molar-refractivity contribution in [1.29, 1.82) is 0 Å². The maximum Gasteiger partial charge on any atom is 0.243 e. The molecule has 4 aliphatic carbocycles. The molecule has 7 N–H and O–H groups in total. The highest BCUT2D eigenvalue weighted by Crippen LogP contribution is 2.56. The number of amides is 4. The number of ether oxygens (including phenoxy) is 8. The van der Waals surface area contributed by atoms with E-state index in [0.29, 0.717) is 92.6 Å². The van der Waals surface area contributed by atoms with Gasteiger partial charge in [-0.2, -0.15) is 4.31 Å². The highest BCUT2D eigenvalue weighted by atomic mass is 32.2. The van der Waals surface area contributed by atoms with Crippen LogP contribution in [0.15, 0.2) is 245 Å². The minimum atomic E-state index is -3.75. The van der Waals surface area contributed by atoms with Crippen LogP contribution in [0.5, 0.6) is 46.0 Å². The van der Waals surface area contributed by atoms with E-state index in [9.17, 15) is 49.5 Å². The summed E-state index contributed by atoms with van der Waals surface area (Å²) in [5.41, 5.74) is 11.0. The van der Waals surface area contributed by atoms with Crippen LogP contribution in [0.4, 0.5) is 23.3 Å². The number of fused-ring (bicyclic) bond motifs is 4. The lowest BCUT2D eigenvalue weighted by Crippen LogP contribution is -2.38. The first-order chi connectivity index (χ1) is 65.9. The number of sulfonamides is 3. The predicted octanol–water partition coefficient (Wildman–Crippen LogP) is 17.3. The highest BCUT2D eigenvalue weighted by Gasteiger charge is 2.55. The first kappa shape index (κ1) is 93.7. The summed E-state index contributed by atoms with van der Waals surface area (Å²) < 4.78 is 126. The molecule has 33 heteroatoms. The van der Waals surface area contributed by atoms with E-state index in [4.69, 9.17) is 37.9 Å². The zero-order valence-electron chi connectivity index (χ0n) is 76.8. The van der Waals surface area contributed by atoms with E-state index in [2.05, 4.69) is 88.8 Å². The van der Waals surface area contributed by atoms with Crippen LogP contribution in [0.1, 0.15) is 147 Å². The van der Waals surface area contributed by atoms with Gasteiger partial charge in [-0.15, -0.1) is 0 Å². The molecule has 712 valence electrons. The second kappa shape index (κ2) is 38.1. The Kier molecular flexibility index (Phi) is 26.1. The molecule has 21 rings (SSSR count). The molecule has 9 heterocycles. The number of anilines is 4. The number of nitrogens with zero attached hydrogens (tertiary/aromatic N) is 5. The van der Waals surface area contributed by atoms with Crippen LogP contribution in [-0.4, -0.2) is 136 Å². The number of carbonyl (C=O) groups excluding carboxylic acids is 4. The zero-order valence-corrected chi connectivity index (χ0v) is 79.3. The number of pyridine rings is 4. The van der Waals surface area contributed by atoms with Gasteiger partial charge in [-0.1, -0.05) is 116 Å². The summed E-state index contributed by atoms with van der Waals surface area (Å²) in [6.07, 6.45) is 10.2.